The van der Waals surface area contributed by atoms with E-state index in [0.29, 0.717) is 0 Å². The maximum absolute atomic E-state index is 5.12. The SMILES string of the molecule is CCCCCCCCCCCCCCCCCC/C=C/C(=N\c1ccccc1)C(/CCCCCCCC)=N/c1ccccc1.[Ni]. The molecule has 3 heteroatoms. The summed E-state index contributed by atoms with van der Waals surface area (Å²) in [7, 11) is 0. The second kappa shape index (κ2) is 30.7. The van der Waals surface area contributed by atoms with Crippen molar-refractivity contribution in [2.75, 3.05) is 0 Å². The second-order valence-electron chi connectivity index (χ2n) is 12.7. The number of hydrogen-bond acceptors (Lipinski definition) is 2. The average molecular weight is 658 g/mol. The Morgan fingerprint density at radius 1 is 0.467 bits per heavy atom. The number of hydrogen-bond donors (Lipinski definition) is 0. The van der Waals surface area contributed by atoms with Crippen molar-refractivity contribution in [1.29, 1.82) is 0 Å². The Balaban J connectivity index is 0.0000101. The largest absolute Gasteiger partial charge is 0.251 e. The van der Waals surface area contributed by atoms with E-state index in [4.69, 9.17) is 9.98 Å². The summed E-state index contributed by atoms with van der Waals surface area (Å²) in [5.41, 5.74) is 4.14. The van der Waals surface area contributed by atoms with Crippen LogP contribution in [0.4, 0.5) is 11.4 Å². The van der Waals surface area contributed by atoms with E-state index >= 15 is 0 Å². The van der Waals surface area contributed by atoms with Crippen molar-refractivity contribution in [3.63, 3.8) is 0 Å². The molecule has 45 heavy (non-hydrogen) atoms. The molecule has 2 nitrogen and oxygen atoms in total. The third-order valence-electron chi connectivity index (χ3n) is 8.59. The number of unbranched alkanes of at least 4 members (excludes halogenated alkanes) is 21. The number of allylic oxidation sites excluding steroid dienone is 2. The molecule has 0 unspecified atom stereocenters. The number of para-hydroxylation sites is 2. The van der Waals surface area contributed by atoms with Gasteiger partial charge in [-0.25, -0.2) is 4.99 Å². The first-order chi connectivity index (χ1) is 21.8. The molecule has 0 radical (unpaired) electrons. The molecular weight excluding hydrogens is 591 g/mol. The van der Waals surface area contributed by atoms with Crippen LogP contribution in [0.3, 0.4) is 0 Å². The van der Waals surface area contributed by atoms with E-state index in [1.165, 1.54) is 135 Å². The van der Waals surface area contributed by atoms with Gasteiger partial charge in [0.15, 0.2) is 0 Å². The molecule has 0 saturated heterocycles. The van der Waals surface area contributed by atoms with Crippen molar-refractivity contribution in [3.8, 4) is 0 Å². The van der Waals surface area contributed by atoms with Gasteiger partial charge < -0.3 is 0 Å². The molecule has 0 heterocycles. The van der Waals surface area contributed by atoms with Gasteiger partial charge in [-0.1, -0.05) is 185 Å². The topological polar surface area (TPSA) is 24.7 Å². The molecule has 0 aliphatic rings. The molecule has 0 aliphatic carbocycles. The molecule has 0 fully saturated rings. The Morgan fingerprint density at radius 3 is 1.29 bits per heavy atom. The third kappa shape index (κ3) is 23.1. The maximum atomic E-state index is 5.12. The molecule has 2 rings (SSSR count). The summed E-state index contributed by atoms with van der Waals surface area (Å²) < 4.78 is 0. The van der Waals surface area contributed by atoms with Gasteiger partial charge in [0.05, 0.1) is 22.8 Å². The minimum atomic E-state index is 0. The van der Waals surface area contributed by atoms with Crippen molar-refractivity contribution in [2.24, 2.45) is 9.98 Å². The summed E-state index contributed by atoms with van der Waals surface area (Å²) in [6, 6.07) is 20.8. The molecule has 254 valence electrons. The van der Waals surface area contributed by atoms with Crippen LogP contribution < -0.4 is 0 Å². The van der Waals surface area contributed by atoms with Crippen molar-refractivity contribution < 1.29 is 16.5 Å². The smallest absolute Gasteiger partial charge is 0.0848 e. The van der Waals surface area contributed by atoms with E-state index in [9.17, 15) is 0 Å². The molecule has 2 aromatic carbocycles. The molecule has 0 saturated carbocycles. The van der Waals surface area contributed by atoms with E-state index in [0.717, 1.165) is 42.1 Å². The summed E-state index contributed by atoms with van der Waals surface area (Å²) >= 11 is 0. The van der Waals surface area contributed by atoms with E-state index in [-0.39, 0.29) is 16.5 Å². The molecule has 2 aromatic rings. The van der Waals surface area contributed by atoms with Crippen LogP contribution in [0.2, 0.25) is 0 Å². The van der Waals surface area contributed by atoms with Crippen LogP contribution in [0.1, 0.15) is 168 Å². The summed E-state index contributed by atoms with van der Waals surface area (Å²) in [5.74, 6) is 0. The molecule has 0 bridgehead atoms. The molecule has 0 amide bonds. The van der Waals surface area contributed by atoms with Gasteiger partial charge in [-0.15, -0.1) is 0 Å². The van der Waals surface area contributed by atoms with Crippen LogP contribution >= 0.6 is 0 Å². The Hall–Kier alpha value is -1.99. The van der Waals surface area contributed by atoms with Gasteiger partial charge >= 0.3 is 0 Å². The van der Waals surface area contributed by atoms with Gasteiger partial charge in [0.25, 0.3) is 0 Å². The predicted molar refractivity (Wildman–Crippen MR) is 198 cm³/mol. The van der Waals surface area contributed by atoms with Crippen molar-refractivity contribution in [2.45, 2.75) is 168 Å². The van der Waals surface area contributed by atoms with Gasteiger partial charge in [0.2, 0.25) is 0 Å². The molecule has 0 atom stereocenters. The number of aliphatic imine (C=N–C) groups is 2. The van der Waals surface area contributed by atoms with E-state index in [2.05, 4.69) is 86.7 Å². The fourth-order valence-electron chi connectivity index (χ4n) is 5.82. The van der Waals surface area contributed by atoms with Crippen LogP contribution in [0.5, 0.6) is 0 Å². The molecule has 0 spiro atoms. The van der Waals surface area contributed by atoms with Crippen LogP contribution in [0, 0.1) is 0 Å². The van der Waals surface area contributed by atoms with Crippen molar-refractivity contribution in [1.82, 2.24) is 0 Å². The average Bonchev–Trinajstić information content (AvgIpc) is 3.05. The van der Waals surface area contributed by atoms with Gasteiger partial charge in [0, 0.05) is 16.5 Å². The minimum Gasteiger partial charge on any atom is -0.251 e. The van der Waals surface area contributed by atoms with E-state index in [1.54, 1.807) is 0 Å². The van der Waals surface area contributed by atoms with Crippen molar-refractivity contribution in [3.05, 3.63) is 72.8 Å². The molecule has 0 aromatic heterocycles. The van der Waals surface area contributed by atoms with Gasteiger partial charge in [0.1, 0.15) is 0 Å². The normalized spacial score (nSPS) is 12.1. The fourth-order valence-corrected chi connectivity index (χ4v) is 5.82. The minimum absolute atomic E-state index is 0. The van der Waals surface area contributed by atoms with Gasteiger partial charge in [-0.2, -0.15) is 0 Å². The van der Waals surface area contributed by atoms with Gasteiger partial charge in [-0.05, 0) is 56.0 Å². The molecular formula is C42H66N2Ni. The Bertz CT molecular complexity index is 996. The Morgan fingerprint density at radius 2 is 0.844 bits per heavy atom. The second-order valence-corrected chi connectivity index (χ2v) is 12.7. The number of rotatable bonds is 28. The first-order valence-electron chi connectivity index (χ1n) is 18.8. The maximum Gasteiger partial charge on any atom is 0.0848 e. The standard InChI is InChI=1S/C42H66N2.Ni/c1-3-5-7-9-11-12-13-14-15-16-17-18-19-20-21-22-24-32-38-42(44-40-35-29-26-30-36-40)41(37-31-23-10-8-6-4-2)43-39-33-27-25-28-34-39;/h25-30,32-36,38H,3-24,31,37H2,1-2H3;/b38-32+,43-41+,44-42+;. The third-order valence-corrected chi connectivity index (χ3v) is 8.59. The zero-order valence-electron chi connectivity index (χ0n) is 29.1. The first kappa shape index (κ1) is 41.0. The van der Waals surface area contributed by atoms with Crippen LogP contribution in [-0.2, 0) is 16.5 Å². The Labute approximate surface area is 289 Å². The van der Waals surface area contributed by atoms with Crippen LogP contribution in [0.25, 0.3) is 0 Å². The number of benzene rings is 2. The summed E-state index contributed by atoms with van der Waals surface area (Å²) in [4.78, 5) is 10.2. The van der Waals surface area contributed by atoms with Crippen LogP contribution in [0.15, 0.2) is 82.8 Å². The fraction of sp³-hybridized carbons (Fsp3) is 0.619. The first-order valence-corrected chi connectivity index (χ1v) is 18.8. The van der Waals surface area contributed by atoms with E-state index in [1.807, 2.05) is 0 Å². The zero-order valence-corrected chi connectivity index (χ0v) is 30.1. The number of nitrogens with zero attached hydrogens (tertiary/aromatic N) is 2. The summed E-state index contributed by atoms with van der Waals surface area (Å²) in [5, 5.41) is 0. The monoisotopic (exact) mass is 656 g/mol. The molecule has 0 N–H and O–H groups in total. The van der Waals surface area contributed by atoms with E-state index < -0.39 is 0 Å². The zero-order chi connectivity index (χ0) is 31.2. The summed E-state index contributed by atoms with van der Waals surface area (Å²) in [6.45, 7) is 4.58. The quantitative estimate of drug-likeness (QED) is 0.0494. The van der Waals surface area contributed by atoms with Crippen molar-refractivity contribution >= 4 is 22.8 Å². The van der Waals surface area contributed by atoms with Crippen LogP contribution in [-0.4, -0.2) is 11.4 Å². The Kier molecular flexibility index (Phi) is 28.0. The summed E-state index contributed by atoms with van der Waals surface area (Å²) in [6.07, 6.45) is 37.0. The predicted octanol–water partition coefficient (Wildman–Crippen LogP) is 14.5. The molecule has 0 aliphatic heterocycles. The van der Waals surface area contributed by atoms with Gasteiger partial charge in [-0.3, -0.25) is 4.99 Å².